The Morgan fingerprint density at radius 3 is 2.18 bits per heavy atom. The summed E-state index contributed by atoms with van der Waals surface area (Å²) in [6.07, 6.45) is -4.43. The van der Waals surface area contributed by atoms with Crippen molar-refractivity contribution in [2.45, 2.75) is 11.1 Å². The molecule has 0 atom stereocenters. The molecular weight excluding hydrogens is 565 g/mol. The van der Waals surface area contributed by atoms with Crippen LogP contribution in [-0.4, -0.2) is 32.9 Å². The summed E-state index contributed by atoms with van der Waals surface area (Å²) in [4.78, 5) is 16.3. The van der Waals surface area contributed by atoms with Gasteiger partial charge in [0.2, 0.25) is 17.2 Å². The second-order valence-electron chi connectivity index (χ2n) is 7.78. The Kier molecular flexibility index (Phi) is 6.65. The van der Waals surface area contributed by atoms with Gasteiger partial charge in [-0.15, -0.1) is 11.3 Å². The van der Waals surface area contributed by atoms with E-state index in [-0.39, 0.29) is 27.8 Å². The van der Waals surface area contributed by atoms with Gasteiger partial charge in [-0.1, -0.05) is 6.07 Å². The third-order valence-electron chi connectivity index (χ3n) is 5.10. The Labute approximate surface area is 222 Å². The molecule has 0 aliphatic carbocycles. The average Bonchev–Trinajstić information content (AvgIpc) is 3.27. The number of nitrogens with zero attached hydrogens (tertiary/aromatic N) is 4. The van der Waals surface area contributed by atoms with E-state index in [0.29, 0.717) is 26.5 Å². The van der Waals surface area contributed by atoms with Crippen LogP contribution in [0.4, 0.5) is 36.4 Å². The second-order valence-corrected chi connectivity index (χ2v) is 10.6. The molecular formula is C23H14ClF3N6O3S2. The van der Waals surface area contributed by atoms with E-state index in [1.807, 2.05) is 0 Å². The van der Waals surface area contributed by atoms with Crippen molar-refractivity contribution in [1.82, 2.24) is 19.9 Å². The summed E-state index contributed by atoms with van der Waals surface area (Å²) in [6, 6.07) is 15.8. The topological polar surface area (TPSA) is 130 Å². The third kappa shape index (κ3) is 5.83. The number of thiazole rings is 1. The molecule has 0 aliphatic heterocycles. The maximum Gasteiger partial charge on any atom is 0.416 e. The molecule has 5 rings (SSSR count). The number of rotatable bonds is 6. The van der Waals surface area contributed by atoms with E-state index < -0.39 is 21.9 Å². The monoisotopic (exact) mass is 578 g/mol. The quantitative estimate of drug-likeness (QED) is 0.192. The first kappa shape index (κ1) is 25.8. The van der Waals surface area contributed by atoms with Gasteiger partial charge in [-0.3, -0.25) is 4.55 Å². The van der Waals surface area contributed by atoms with Gasteiger partial charge in [-0.2, -0.15) is 36.5 Å². The number of benzene rings is 3. The number of halogens is 4. The number of hydrogen-bond donors (Lipinski definition) is 3. The molecule has 2 heterocycles. The number of nitrogens with one attached hydrogen (secondary N) is 2. The molecule has 0 radical (unpaired) electrons. The highest BCUT2D eigenvalue weighted by Crippen LogP contribution is 2.36. The van der Waals surface area contributed by atoms with E-state index in [1.165, 1.54) is 24.3 Å². The number of hydrogen-bond acceptors (Lipinski definition) is 9. The van der Waals surface area contributed by atoms with Crippen LogP contribution in [0, 0.1) is 0 Å². The molecule has 0 unspecified atom stereocenters. The van der Waals surface area contributed by atoms with Crippen molar-refractivity contribution < 1.29 is 26.1 Å². The molecule has 0 saturated heterocycles. The summed E-state index contributed by atoms with van der Waals surface area (Å²) >= 11 is 7.17. The number of alkyl halides is 3. The van der Waals surface area contributed by atoms with Crippen molar-refractivity contribution >= 4 is 66.5 Å². The second kappa shape index (κ2) is 9.79. The molecule has 5 aromatic rings. The van der Waals surface area contributed by atoms with E-state index in [2.05, 4.69) is 30.6 Å². The zero-order valence-corrected chi connectivity index (χ0v) is 21.1. The summed E-state index contributed by atoms with van der Waals surface area (Å²) in [5.74, 6) is 0.107. The first-order valence-corrected chi connectivity index (χ1v) is 13.2. The average molecular weight is 579 g/mol. The highest BCUT2D eigenvalue weighted by atomic mass is 35.5. The summed E-state index contributed by atoms with van der Waals surface area (Å²) in [5, 5.41) is 6.20. The molecule has 15 heteroatoms. The fourth-order valence-corrected chi connectivity index (χ4v) is 5.07. The Hall–Kier alpha value is -3.85. The lowest BCUT2D eigenvalue weighted by atomic mass is 10.2. The lowest BCUT2D eigenvalue weighted by Gasteiger charge is -2.09. The summed E-state index contributed by atoms with van der Waals surface area (Å²) in [6.45, 7) is 0. The molecule has 38 heavy (non-hydrogen) atoms. The molecule has 0 aliphatic rings. The van der Waals surface area contributed by atoms with Crippen molar-refractivity contribution in [3.63, 3.8) is 0 Å². The van der Waals surface area contributed by atoms with Crippen LogP contribution in [0.5, 0.6) is 0 Å². The van der Waals surface area contributed by atoms with Crippen LogP contribution >= 0.6 is 22.9 Å². The maximum absolute atomic E-state index is 13.0. The number of aromatic nitrogens is 4. The molecule has 0 bridgehead atoms. The van der Waals surface area contributed by atoms with E-state index in [9.17, 15) is 26.1 Å². The van der Waals surface area contributed by atoms with Gasteiger partial charge >= 0.3 is 6.18 Å². The number of anilines is 4. The molecule has 2 aromatic heterocycles. The van der Waals surface area contributed by atoms with Crippen LogP contribution in [-0.2, 0) is 16.3 Å². The zero-order chi connectivity index (χ0) is 27.1. The van der Waals surface area contributed by atoms with Crippen LogP contribution in [0.3, 0.4) is 0 Å². The summed E-state index contributed by atoms with van der Waals surface area (Å²) in [7, 11) is -4.39. The highest BCUT2D eigenvalue weighted by molar-refractivity contribution is 7.85. The van der Waals surface area contributed by atoms with Crippen LogP contribution in [0.1, 0.15) is 5.56 Å². The van der Waals surface area contributed by atoms with Gasteiger partial charge < -0.3 is 10.6 Å². The lowest BCUT2D eigenvalue weighted by molar-refractivity contribution is -0.137. The van der Waals surface area contributed by atoms with Gasteiger partial charge in [0.15, 0.2) is 0 Å². The van der Waals surface area contributed by atoms with Gasteiger partial charge in [-0.05, 0) is 72.3 Å². The zero-order valence-electron chi connectivity index (χ0n) is 18.7. The van der Waals surface area contributed by atoms with Crippen LogP contribution in [0.25, 0.3) is 20.8 Å². The number of fused-ring (bicyclic) bond motifs is 1. The molecule has 0 fully saturated rings. The standard InChI is InChI=1S/C23H14ClF3N6O3S2/c24-20-31-21(33-22(32-20)29-15-2-1-3-16(11-15)38(34,35)36)28-14-7-4-12(5-8-14)19-30-17-9-6-13(23(25,26)27)10-18(17)37-19/h1-11H,(H,34,35,36)(H2,28,29,31,32,33). The minimum absolute atomic E-state index is 0.0179. The van der Waals surface area contributed by atoms with E-state index in [0.717, 1.165) is 23.5 Å². The lowest BCUT2D eigenvalue weighted by Crippen LogP contribution is -2.05. The predicted octanol–water partition coefficient (Wildman–Crippen LogP) is 6.55. The third-order valence-corrected chi connectivity index (χ3v) is 7.19. The largest absolute Gasteiger partial charge is 0.416 e. The molecule has 0 saturated carbocycles. The Balaban J connectivity index is 1.34. The summed E-state index contributed by atoms with van der Waals surface area (Å²) < 4.78 is 71.4. The molecule has 194 valence electrons. The molecule has 9 nitrogen and oxygen atoms in total. The minimum Gasteiger partial charge on any atom is -0.324 e. The van der Waals surface area contributed by atoms with Gasteiger partial charge in [-0.25, -0.2) is 4.98 Å². The first-order valence-electron chi connectivity index (χ1n) is 10.6. The van der Waals surface area contributed by atoms with Crippen LogP contribution in [0.15, 0.2) is 71.6 Å². The van der Waals surface area contributed by atoms with Crippen LogP contribution < -0.4 is 10.6 Å². The SMILES string of the molecule is O=S(=O)(O)c1cccc(Nc2nc(Cl)nc(Nc3ccc(-c4nc5ccc(C(F)(F)F)cc5s4)cc3)n2)c1. The van der Waals surface area contributed by atoms with Crippen molar-refractivity contribution in [1.29, 1.82) is 0 Å². The van der Waals surface area contributed by atoms with E-state index in [4.69, 9.17) is 11.6 Å². The van der Waals surface area contributed by atoms with Crippen molar-refractivity contribution in [3.05, 3.63) is 77.6 Å². The fourth-order valence-electron chi connectivity index (χ4n) is 3.37. The molecule has 0 spiro atoms. The van der Waals surface area contributed by atoms with Gasteiger partial charge in [0.25, 0.3) is 10.1 Å². The summed E-state index contributed by atoms with van der Waals surface area (Å²) in [5.41, 5.74) is 1.32. The van der Waals surface area contributed by atoms with Gasteiger partial charge in [0.05, 0.1) is 20.7 Å². The van der Waals surface area contributed by atoms with Crippen molar-refractivity contribution in [3.8, 4) is 10.6 Å². The molecule has 0 amide bonds. The highest BCUT2D eigenvalue weighted by Gasteiger charge is 2.30. The van der Waals surface area contributed by atoms with Gasteiger partial charge in [0, 0.05) is 16.9 Å². The molecule has 3 N–H and O–H groups in total. The maximum atomic E-state index is 13.0. The van der Waals surface area contributed by atoms with Crippen molar-refractivity contribution in [2.75, 3.05) is 10.6 Å². The van der Waals surface area contributed by atoms with Gasteiger partial charge in [0.1, 0.15) is 5.01 Å². The Morgan fingerprint density at radius 1 is 0.842 bits per heavy atom. The normalized spacial score (nSPS) is 12.0. The molecule has 3 aromatic carbocycles. The van der Waals surface area contributed by atoms with E-state index in [1.54, 1.807) is 30.3 Å². The van der Waals surface area contributed by atoms with Crippen LogP contribution in [0.2, 0.25) is 5.28 Å². The smallest absolute Gasteiger partial charge is 0.324 e. The first-order chi connectivity index (χ1) is 17.9. The van der Waals surface area contributed by atoms with Crippen molar-refractivity contribution in [2.24, 2.45) is 0 Å². The Bertz CT molecular complexity index is 1760. The Morgan fingerprint density at radius 2 is 1.53 bits per heavy atom. The minimum atomic E-state index is -4.43. The predicted molar refractivity (Wildman–Crippen MR) is 138 cm³/mol. The van der Waals surface area contributed by atoms with E-state index >= 15 is 0 Å². The fraction of sp³-hybridized carbons (Fsp3) is 0.0435.